The van der Waals surface area contributed by atoms with Crippen LogP contribution in [0.25, 0.3) is 0 Å². The number of nitrogens with zero attached hydrogens (tertiary/aromatic N) is 3. The second-order valence-electron chi connectivity index (χ2n) is 4.81. The third-order valence-corrected chi connectivity index (χ3v) is 1.99. The van der Waals surface area contributed by atoms with Crippen molar-refractivity contribution in [2.24, 2.45) is 10.5 Å². The number of aliphatic carboxylic acids is 1. The Bertz CT molecular complexity index is 338. The van der Waals surface area contributed by atoms with Crippen LogP contribution in [0, 0.1) is 0 Å². The lowest BCUT2D eigenvalue weighted by Gasteiger charge is -2.29. The van der Waals surface area contributed by atoms with Gasteiger partial charge < -0.3 is 14.7 Å². The highest BCUT2D eigenvalue weighted by Gasteiger charge is 2.22. The van der Waals surface area contributed by atoms with Crippen LogP contribution in [-0.2, 0) is 19.2 Å². The molecule has 0 heterocycles. The van der Waals surface area contributed by atoms with Crippen LogP contribution in [0.2, 0.25) is 0 Å². The quantitative estimate of drug-likeness (QED) is 0.329. The maximum atomic E-state index is 11.0. The van der Waals surface area contributed by atoms with Crippen LogP contribution in [0.5, 0.6) is 0 Å². The fourth-order valence-electron chi connectivity index (χ4n) is 0.953. The van der Waals surface area contributed by atoms with E-state index >= 15 is 0 Å². The molecule has 0 bridgehead atoms. The van der Waals surface area contributed by atoms with Crippen LogP contribution < -0.4 is 0 Å². The Morgan fingerprint density at radius 2 is 1.95 bits per heavy atom. The summed E-state index contributed by atoms with van der Waals surface area (Å²) in [5.74, 6) is -1.44. The molecular formula is C11H21N3O5. The molecule has 0 aliphatic carbocycles. The third-order valence-electron chi connectivity index (χ3n) is 1.99. The Hall–Kier alpha value is -1.86. The molecule has 0 aliphatic heterocycles. The first-order valence-corrected chi connectivity index (χ1v) is 5.92. The van der Waals surface area contributed by atoms with E-state index in [0.717, 1.165) is 0 Å². The van der Waals surface area contributed by atoms with Crippen LogP contribution in [0.15, 0.2) is 10.5 Å². The molecule has 19 heavy (non-hydrogen) atoms. The zero-order valence-corrected chi connectivity index (χ0v) is 11.9. The topological polar surface area (TPSA) is 101 Å². The van der Waals surface area contributed by atoms with E-state index in [0.29, 0.717) is 0 Å². The van der Waals surface area contributed by atoms with Gasteiger partial charge in [-0.2, -0.15) is 0 Å². The molecule has 0 rings (SSSR count). The Balaban J connectivity index is 4.39. The summed E-state index contributed by atoms with van der Waals surface area (Å²) in [7, 11) is 0. The number of esters is 1. The highest BCUT2D eigenvalue weighted by atomic mass is 16.8. The molecule has 8 nitrogen and oxygen atoms in total. The third kappa shape index (κ3) is 7.96. The average molecular weight is 275 g/mol. The standard InChI is InChI=1S/C11H21N3O5/c1-6-10(17)18-8(2)19-13-12-14(7-9(15)16)11(3,4)5/h8H,6-7H2,1-5H3,(H,15,16)/b13-12-. The van der Waals surface area contributed by atoms with E-state index in [9.17, 15) is 9.59 Å². The molecule has 110 valence electrons. The van der Waals surface area contributed by atoms with Gasteiger partial charge in [0.15, 0.2) is 0 Å². The molecule has 0 aromatic rings. The van der Waals surface area contributed by atoms with Gasteiger partial charge in [0.25, 0.3) is 6.29 Å². The molecule has 0 amide bonds. The monoisotopic (exact) mass is 275 g/mol. The summed E-state index contributed by atoms with van der Waals surface area (Å²) < 4.78 is 4.80. The Kier molecular flexibility index (Phi) is 6.81. The second kappa shape index (κ2) is 7.55. The number of hydrogen-bond acceptors (Lipinski definition) is 6. The summed E-state index contributed by atoms with van der Waals surface area (Å²) in [6, 6.07) is 0. The summed E-state index contributed by atoms with van der Waals surface area (Å²) in [6.07, 6.45) is -0.638. The lowest BCUT2D eigenvalue weighted by Crippen LogP contribution is -2.40. The second-order valence-corrected chi connectivity index (χ2v) is 4.81. The molecule has 0 aliphatic rings. The van der Waals surface area contributed by atoms with E-state index in [4.69, 9.17) is 14.7 Å². The maximum Gasteiger partial charge on any atom is 0.324 e. The zero-order chi connectivity index (χ0) is 15.1. The lowest BCUT2D eigenvalue weighted by molar-refractivity contribution is -0.177. The van der Waals surface area contributed by atoms with E-state index < -0.39 is 23.8 Å². The van der Waals surface area contributed by atoms with Crippen LogP contribution >= 0.6 is 0 Å². The molecule has 1 N–H and O–H groups in total. The van der Waals surface area contributed by atoms with E-state index in [1.165, 1.54) is 11.9 Å². The molecule has 1 unspecified atom stereocenters. The smallest absolute Gasteiger partial charge is 0.324 e. The highest BCUT2D eigenvalue weighted by molar-refractivity contribution is 5.69. The van der Waals surface area contributed by atoms with Crippen molar-refractivity contribution in [3.05, 3.63) is 0 Å². The first kappa shape index (κ1) is 17.1. The van der Waals surface area contributed by atoms with Crippen LogP contribution in [0.3, 0.4) is 0 Å². The summed E-state index contributed by atoms with van der Waals surface area (Å²) in [4.78, 5) is 26.4. The van der Waals surface area contributed by atoms with Gasteiger partial charge in [0.1, 0.15) is 6.54 Å². The Labute approximate surface area is 112 Å². The van der Waals surface area contributed by atoms with Crippen molar-refractivity contribution >= 4 is 11.9 Å². The predicted octanol–water partition coefficient (Wildman–Crippen LogP) is 1.77. The van der Waals surface area contributed by atoms with Crippen LogP contribution in [-0.4, -0.2) is 40.4 Å². The SMILES string of the molecule is CCC(=O)OC(C)O/N=N\N(CC(=O)O)C(C)(C)C. The Morgan fingerprint density at radius 3 is 2.37 bits per heavy atom. The van der Waals surface area contributed by atoms with Gasteiger partial charge in [0.2, 0.25) is 0 Å². The molecule has 8 heteroatoms. The van der Waals surface area contributed by atoms with Crippen LogP contribution in [0.1, 0.15) is 41.0 Å². The van der Waals surface area contributed by atoms with Crippen molar-refractivity contribution in [3.63, 3.8) is 0 Å². The fourth-order valence-corrected chi connectivity index (χ4v) is 0.953. The van der Waals surface area contributed by atoms with Gasteiger partial charge in [-0.3, -0.25) is 14.6 Å². The molecule has 0 fully saturated rings. The number of carboxylic acid groups (broad SMARTS) is 1. The van der Waals surface area contributed by atoms with Crippen molar-refractivity contribution in [3.8, 4) is 0 Å². The van der Waals surface area contributed by atoms with E-state index in [1.54, 1.807) is 27.7 Å². The molecular weight excluding hydrogens is 254 g/mol. The Morgan fingerprint density at radius 1 is 1.37 bits per heavy atom. The first-order chi connectivity index (χ1) is 8.66. The van der Waals surface area contributed by atoms with Crippen molar-refractivity contribution in [2.75, 3.05) is 6.54 Å². The molecule has 0 saturated carbocycles. The number of rotatable bonds is 7. The number of hydrogen-bond donors (Lipinski definition) is 1. The summed E-state index contributed by atoms with van der Waals surface area (Å²) in [5, 5.41) is 17.1. The van der Waals surface area contributed by atoms with E-state index in [2.05, 4.69) is 10.5 Å². The van der Waals surface area contributed by atoms with Crippen molar-refractivity contribution in [1.29, 1.82) is 0 Å². The van der Waals surface area contributed by atoms with Crippen LogP contribution in [0.4, 0.5) is 0 Å². The summed E-state index contributed by atoms with van der Waals surface area (Å²) in [5.41, 5.74) is -0.519. The first-order valence-electron chi connectivity index (χ1n) is 5.92. The summed E-state index contributed by atoms with van der Waals surface area (Å²) >= 11 is 0. The van der Waals surface area contributed by atoms with E-state index in [1.807, 2.05) is 0 Å². The number of carbonyl (C=O) groups excluding carboxylic acids is 1. The van der Waals surface area contributed by atoms with Gasteiger partial charge in [-0.15, -0.1) is 0 Å². The van der Waals surface area contributed by atoms with Crippen molar-refractivity contribution in [1.82, 2.24) is 5.01 Å². The van der Waals surface area contributed by atoms with Gasteiger partial charge in [-0.1, -0.05) is 6.92 Å². The fraction of sp³-hybridized carbons (Fsp3) is 0.818. The molecule has 1 atom stereocenters. The zero-order valence-electron chi connectivity index (χ0n) is 11.9. The molecule has 0 aromatic carbocycles. The molecule has 0 spiro atoms. The molecule has 0 aromatic heterocycles. The van der Waals surface area contributed by atoms with Gasteiger partial charge in [0.05, 0.1) is 5.54 Å². The number of ether oxygens (including phenoxy) is 1. The minimum absolute atomic E-state index is 0.234. The summed E-state index contributed by atoms with van der Waals surface area (Å²) in [6.45, 7) is 8.20. The van der Waals surface area contributed by atoms with E-state index in [-0.39, 0.29) is 13.0 Å². The molecule has 0 radical (unpaired) electrons. The minimum Gasteiger partial charge on any atom is -0.480 e. The highest BCUT2D eigenvalue weighted by Crippen LogP contribution is 2.13. The predicted molar refractivity (Wildman–Crippen MR) is 65.9 cm³/mol. The van der Waals surface area contributed by atoms with Gasteiger partial charge >= 0.3 is 11.9 Å². The van der Waals surface area contributed by atoms with Gasteiger partial charge in [0, 0.05) is 18.6 Å². The normalized spacial score (nSPS) is 13.1. The maximum absolute atomic E-state index is 11.0. The number of carboxylic acids is 1. The largest absolute Gasteiger partial charge is 0.480 e. The average Bonchev–Trinajstić information content (AvgIpc) is 2.25. The minimum atomic E-state index is -1.03. The lowest BCUT2D eigenvalue weighted by atomic mass is 10.1. The number of carbonyl (C=O) groups is 2. The van der Waals surface area contributed by atoms with Gasteiger partial charge in [-0.05, 0) is 26.0 Å². The van der Waals surface area contributed by atoms with Crippen molar-refractivity contribution < 1.29 is 24.3 Å². The molecule has 0 saturated heterocycles. The van der Waals surface area contributed by atoms with Gasteiger partial charge in [-0.25, -0.2) is 0 Å². The van der Waals surface area contributed by atoms with Crippen molar-refractivity contribution in [2.45, 2.75) is 52.9 Å².